The summed E-state index contributed by atoms with van der Waals surface area (Å²) in [6.07, 6.45) is 0. The van der Waals surface area contributed by atoms with Crippen LogP contribution in [0.25, 0.3) is 21.3 Å². The lowest BCUT2D eigenvalue weighted by molar-refractivity contribution is 0.340. The Balaban J connectivity index is 2.10. The minimum atomic E-state index is -0.275. The Hall–Kier alpha value is -2.99. The van der Waals surface area contributed by atoms with E-state index in [1.807, 2.05) is 49.7 Å². The lowest BCUT2D eigenvalue weighted by Gasteiger charge is -2.16. The number of aromatic nitrogens is 3. The van der Waals surface area contributed by atoms with Crippen molar-refractivity contribution < 1.29 is 4.52 Å². The molecule has 1 aromatic carbocycles. The van der Waals surface area contributed by atoms with Gasteiger partial charge < -0.3 is 4.52 Å². The van der Waals surface area contributed by atoms with Crippen LogP contribution in [0.5, 0.6) is 0 Å². The van der Waals surface area contributed by atoms with Gasteiger partial charge in [-0.3, -0.25) is 9.48 Å². The molecule has 0 radical (unpaired) electrons. The standard InChI is InChI=1S/C17H20N6O2/c1-11(2)15-8-13(25-20-15)10-22-16-7-5-4-6-14(16)17(24)23(22)12(3)9-19-21-18/h4-8,11-12H,9-10H2,1-3H3. The van der Waals surface area contributed by atoms with Crippen LogP contribution in [0, 0.1) is 0 Å². The zero-order valence-electron chi connectivity index (χ0n) is 14.5. The third-order valence-electron chi connectivity index (χ3n) is 4.18. The first-order valence-electron chi connectivity index (χ1n) is 8.19. The van der Waals surface area contributed by atoms with E-state index >= 15 is 0 Å². The van der Waals surface area contributed by atoms with E-state index in [0.29, 0.717) is 17.7 Å². The summed E-state index contributed by atoms with van der Waals surface area (Å²) >= 11 is 0. The number of rotatable bonds is 6. The topological polar surface area (TPSA) is 102 Å². The van der Waals surface area contributed by atoms with Crippen molar-refractivity contribution in [3.63, 3.8) is 0 Å². The first-order chi connectivity index (χ1) is 12.0. The molecule has 3 rings (SSSR count). The van der Waals surface area contributed by atoms with Crippen molar-refractivity contribution in [1.29, 1.82) is 0 Å². The predicted octanol–water partition coefficient (Wildman–Crippen LogP) is 3.83. The minimum absolute atomic E-state index is 0.111. The van der Waals surface area contributed by atoms with Crippen molar-refractivity contribution in [2.75, 3.05) is 6.54 Å². The summed E-state index contributed by atoms with van der Waals surface area (Å²) in [6.45, 7) is 6.52. The predicted molar refractivity (Wildman–Crippen MR) is 94.6 cm³/mol. The highest BCUT2D eigenvalue weighted by atomic mass is 16.5. The number of para-hydroxylation sites is 1. The van der Waals surface area contributed by atoms with Gasteiger partial charge in [0, 0.05) is 17.5 Å². The van der Waals surface area contributed by atoms with E-state index in [9.17, 15) is 4.79 Å². The molecular weight excluding hydrogens is 320 g/mol. The van der Waals surface area contributed by atoms with E-state index in [2.05, 4.69) is 15.2 Å². The maximum atomic E-state index is 12.8. The van der Waals surface area contributed by atoms with Crippen LogP contribution in [-0.4, -0.2) is 21.1 Å². The molecule has 0 saturated carbocycles. The average molecular weight is 340 g/mol. The molecule has 0 aliphatic rings. The summed E-state index contributed by atoms with van der Waals surface area (Å²) in [6, 6.07) is 9.05. The third-order valence-corrected chi connectivity index (χ3v) is 4.18. The Kier molecular flexibility index (Phi) is 4.63. The van der Waals surface area contributed by atoms with Crippen LogP contribution in [0.1, 0.15) is 44.2 Å². The minimum Gasteiger partial charge on any atom is -0.359 e. The monoisotopic (exact) mass is 340 g/mol. The van der Waals surface area contributed by atoms with Gasteiger partial charge in [0.1, 0.15) is 6.54 Å². The Morgan fingerprint density at radius 1 is 1.32 bits per heavy atom. The number of nitrogens with zero attached hydrogens (tertiary/aromatic N) is 6. The largest absolute Gasteiger partial charge is 0.359 e. The molecule has 0 aliphatic heterocycles. The van der Waals surface area contributed by atoms with Gasteiger partial charge in [-0.15, -0.1) is 0 Å². The highest BCUT2D eigenvalue weighted by molar-refractivity contribution is 5.78. The highest BCUT2D eigenvalue weighted by Crippen LogP contribution is 2.19. The molecule has 130 valence electrons. The average Bonchev–Trinajstić information content (AvgIpc) is 3.17. The molecule has 1 atom stereocenters. The molecular formula is C17H20N6O2. The Morgan fingerprint density at radius 2 is 2.08 bits per heavy atom. The lowest BCUT2D eigenvalue weighted by Crippen LogP contribution is -2.28. The molecule has 0 spiro atoms. The number of fused-ring (bicyclic) bond motifs is 1. The third kappa shape index (κ3) is 3.16. The molecule has 2 aromatic heterocycles. The molecule has 8 nitrogen and oxygen atoms in total. The molecule has 0 fully saturated rings. The van der Waals surface area contributed by atoms with E-state index in [1.54, 1.807) is 10.7 Å². The van der Waals surface area contributed by atoms with Gasteiger partial charge in [-0.2, -0.15) is 0 Å². The Morgan fingerprint density at radius 3 is 2.76 bits per heavy atom. The summed E-state index contributed by atoms with van der Waals surface area (Å²) < 4.78 is 8.92. The van der Waals surface area contributed by atoms with E-state index in [-0.39, 0.29) is 24.1 Å². The second-order valence-electron chi connectivity index (χ2n) is 6.36. The summed E-state index contributed by atoms with van der Waals surface area (Å²) in [5.74, 6) is 0.944. The summed E-state index contributed by atoms with van der Waals surface area (Å²) in [5.41, 5.74) is 10.1. The summed E-state index contributed by atoms with van der Waals surface area (Å²) in [7, 11) is 0. The SMILES string of the molecule is CC(C)c1cc(Cn2c3ccccc3c(=O)n2C(C)CN=[N+]=[N-])on1. The van der Waals surface area contributed by atoms with Crippen LogP contribution in [-0.2, 0) is 6.54 Å². The van der Waals surface area contributed by atoms with Gasteiger partial charge in [-0.25, -0.2) is 4.68 Å². The van der Waals surface area contributed by atoms with Gasteiger partial charge >= 0.3 is 0 Å². The number of hydrogen-bond acceptors (Lipinski definition) is 4. The second-order valence-corrected chi connectivity index (χ2v) is 6.36. The van der Waals surface area contributed by atoms with Gasteiger partial charge in [0.05, 0.1) is 22.6 Å². The first kappa shape index (κ1) is 16.9. The summed E-state index contributed by atoms with van der Waals surface area (Å²) in [5, 5.41) is 8.31. The molecule has 25 heavy (non-hydrogen) atoms. The van der Waals surface area contributed by atoms with E-state index in [4.69, 9.17) is 10.1 Å². The van der Waals surface area contributed by atoms with Crippen LogP contribution in [0.3, 0.4) is 0 Å². The van der Waals surface area contributed by atoms with Crippen molar-refractivity contribution in [3.8, 4) is 0 Å². The molecule has 0 amide bonds. The lowest BCUT2D eigenvalue weighted by atomic mass is 10.1. The Labute approximate surface area is 144 Å². The zero-order chi connectivity index (χ0) is 18.0. The van der Waals surface area contributed by atoms with Crippen molar-refractivity contribution in [2.24, 2.45) is 5.11 Å². The van der Waals surface area contributed by atoms with Gasteiger partial charge in [-0.05, 0) is 30.5 Å². The van der Waals surface area contributed by atoms with Crippen LogP contribution < -0.4 is 5.56 Å². The van der Waals surface area contributed by atoms with Gasteiger partial charge in [0.2, 0.25) is 0 Å². The fraction of sp³-hybridized carbons (Fsp3) is 0.412. The molecule has 2 heterocycles. The zero-order valence-corrected chi connectivity index (χ0v) is 14.5. The van der Waals surface area contributed by atoms with Gasteiger partial charge in [0.15, 0.2) is 5.76 Å². The quantitative estimate of drug-likeness (QED) is 0.387. The van der Waals surface area contributed by atoms with Crippen molar-refractivity contribution in [3.05, 3.63) is 62.6 Å². The van der Waals surface area contributed by atoms with Crippen molar-refractivity contribution >= 4 is 10.9 Å². The normalized spacial score (nSPS) is 12.5. The molecule has 0 aliphatic carbocycles. The van der Waals surface area contributed by atoms with E-state index < -0.39 is 0 Å². The van der Waals surface area contributed by atoms with Crippen molar-refractivity contribution in [1.82, 2.24) is 14.5 Å². The molecule has 8 heteroatoms. The van der Waals surface area contributed by atoms with Crippen LogP contribution >= 0.6 is 0 Å². The molecule has 0 saturated heterocycles. The van der Waals surface area contributed by atoms with Crippen LogP contribution in [0.4, 0.5) is 0 Å². The number of azide groups is 1. The van der Waals surface area contributed by atoms with E-state index in [1.165, 1.54) is 0 Å². The number of benzene rings is 1. The maximum Gasteiger partial charge on any atom is 0.274 e. The number of hydrogen-bond donors (Lipinski definition) is 0. The molecule has 3 aromatic rings. The van der Waals surface area contributed by atoms with Crippen LogP contribution in [0.15, 0.2) is 44.8 Å². The second kappa shape index (κ2) is 6.86. The summed E-state index contributed by atoms with van der Waals surface area (Å²) in [4.78, 5) is 15.6. The van der Waals surface area contributed by atoms with Crippen LogP contribution in [0.2, 0.25) is 0 Å². The molecule has 1 unspecified atom stereocenters. The Bertz CT molecular complexity index is 990. The van der Waals surface area contributed by atoms with Crippen molar-refractivity contribution in [2.45, 2.75) is 39.3 Å². The van der Waals surface area contributed by atoms with Gasteiger partial charge in [-0.1, -0.05) is 36.3 Å². The smallest absolute Gasteiger partial charge is 0.274 e. The fourth-order valence-electron chi connectivity index (χ4n) is 2.88. The van der Waals surface area contributed by atoms with E-state index in [0.717, 1.165) is 11.2 Å². The maximum absolute atomic E-state index is 12.8. The molecule has 0 bridgehead atoms. The highest BCUT2D eigenvalue weighted by Gasteiger charge is 2.19. The fourth-order valence-corrected chi connectivity index (χ4v) is 2.88. The first-order valence-corrected chi connectivity index (χ1v) is 8.19. The van der Waals surface area contributed by atoms with Gasteiger partial charge in [0.25, 0.3) is 5.56 Å². The molecule has 0 N–H and O–H groups in total.